The number of Topliss-reactive ketones (excluding diaryl/α,β-unsaturated/α-hetero) is 2. The largest absolute Gasteiger partial charge is 0.467 e. The van der Waals surface area contributed by atoms with E-state index in [1.807, 2.05) is 58.7 Å². The normalized spacial score (nSPS) is 15.9. The second kappa shape index (κ2) is 28.3. The summed E-state index contributed by atoms with van der Waals surface area (Å²) < 4.78 is 4.73. The third-order valence-electron chi connectivity index (χ3n) is 11.6. The molecule has 13 heteroatoms. The van der Waals surface area contributed by atoms with Gasteiger partial charge in [-0.15, -0.1) is 0 Å². The summed E-state index contributed by atoms with van der Waals surface area (Å²) in [5, 5.41) is 5.60. The number of esters is 1. The Kier molecular flexibility index (Phi) is 26.7. The molecule has 0 aromatic rings. The molecule has 3 amide bonds. The van der Waals surface area contributed by atoms with E-state index in [-0.39, 0.29) is 79.1 Å². The molecule has 59 heavy (non-hydrogen) atoms. The lowest BCUT2D eigenvalue weighted by Crippen LogP contribution is -2.54. The van der Waals surface area contributed by atoms with Crippen molar-refractivity contribution in [2.45, 2.75) is 158 Å². The van der Waals surface area contributed by atoms with E-state index in [9.17, 15) is 33.6 Å². The zero-order chi connectivity index (χ0) is 45.6. The molecule has 0 heterocycles. The van der Waals surface area contributed by atoms with Crippen LogP contribution in [-0.2, 0) is 38.3 Å². The van der Waals surface area contributed by atoms with Crippen molar-refractivity contribution in [3.05, 3.63) is 24.3 Å². The molecule has 7 atom stereocenters. The van der Waals surface area contributed by atoms with Crippen molar-refractivity contribution in [2.24, 2.45) is 35.0 Å². The number of ketones is 2. The summed E-state index contributed by atoms with van der Waals surface area (Å²) in [7, 11) is 4.73. The number of likely N-dealkylation sites (N-methyl/N-ethyl adjacent to an activating group) is 2. The molecule has 0 aromatic carbocycles. The van der Waals surface area contributed by atoms with Gasteiger partial charge in [-0.05, 0) is 89.0 Å². The first kappa shape index (κ1) is 55.7. The molecule has 0 rings (SSSR count). The summed E-state index contributed by atoms with van der Waals surface area (Å²) >= 11 is 4.13. The number of hydrogen-bond donors (Lipinski definition) is 3. The zero-order valence-electron chi connectivity index (χ0n) is 38.7. The van der Waals surface area contributed by atoms with E-state index >= 15 is 0 Å². The lowest BCUT2D eigenvalue weighted by molar-refractivity contribution is -0.144. The molecule has 0 radical (unpaired) electrons. The maximum atomic E-state index is 14.3. The molecule has 0 aliphatic carbocycles. The monoisotopic (exact) mass is 849 g/mol. The predicted molar refractivity (Wildman–Crippen MR) is 240 cm³/mol. The fraction of sp³-hybridized carbons (Fsp3) is 0.761. The average Bonchev–Trinajstić information content (AvgIpc) is 3.18. The Morgan fingerprint density at radius 3 is 1.97 bits per heavy atom. The molecular formula is C46H80N4O8S. The van der Waals surface area contributed by atoms with Crippen LogP contribution in [-0.4, -0.2) is 109 Å². The van der Waals surface area contributed by atoms with Crippen molar-refractivity contribution in [3.8, 4) is 0 Å². The molecule has 0 bridgehead atoms. The lowest BCUT2D eigenvalue weighted by Gasteiger charge is -2.40. The van der Waals surface area contributed by atoms with Gasteiger partial charge in [-0.2, -0.15) is 12.6 Å². The second-order valence-corrected chi connectivity index (χ2v) is 18.2. The molecule has 2 N–H and O–H groups in total. The number of amides is 3. The smallest absolute Gasteiger partial charge is 0.329 e. The summed E-state index contributed by atoms with van der Waals surface area (Å²) in [6, 6.07) is -3.08. The fourth-order valence-corrected chi connectivity index (χ4v) is 7.45. The second-order valence-electron chi connectivity index (χ2n) is 17.8. The molecule has 0 aliphatic rings. The van der Waals surface area contributed by atoms with Crippen LogP contribution in [0.4, 0.5) is 0 Å². The zero-order valence-corrected chi connectivity index (χ0v) is 39.6. The first-order chi connectivity index (χ1) is 27.5. The minimum Gasteiger partial charge on any atom is -0.467 e. The van der Waals surface area contributed by atoms with E-state index in [0.29, 0.717) is 37.2 Å². The van der Waals surface area contributed by atoms with Crippen LogP contribution in [0.2, 0.25) is 0 Å². The van der Waals surface area contributed by atoms with Crippen LogP contribution < -0.4 is 10.6 Å². The van der Waals surface area contributed by atoms with Gasteiger partial charge in [-0.25, -0.2) is 4.79 Å². The molecule has 0 saturated carbocycles. The van der Waals surface area contributed by atoms with Crippen molar-refractivity contribution in [1.29, 1.82) is 0 Å². The van der Waals surface area contributed by atoms with Gasteiger partial charge < -0.3 is 25.1 Å². The van der Waals surface area contributed by atoms with Crippen molar-refractivity contribution in [3.63, 3.8) is 0 Å². The van der Waals surface area contributed by atoms with Crippen molar-refractivity contribution >= 4 is 54.2 Å². The first-order valence-corrected chi connectivity index (χ1v) is 22.2. The number of nitrogens with zero attached hydrogens (tertiary/aromatic N) is 2. The van der Waals surface area contributed by atoms with Crippen LogP contribution in [0.1, 0.15) is 133 Å². The van der Waals surface area contributed by atoms with Crippen molar-refractivity contribution in [1.82, 2.24) is 20.4 Å². The van der Waals surface area contributed by atoms with Crippen LogP contribution in [0.5, 0.6) is 0 Å². The van der Waals surface area contributed by atoms with Crippen LogP contribution >= 0.6 is 12.6 Å². The molecule has 1 unspecified atom stereocenters. The standard InChI is InChI=1S/C46H80N4O8S/c1-15-17-18-34(11)24-39(44(56)48-36(16-2)41(53)25-35(32(7)8)26-42(54)47-37(27-59)45(57)58-14)49(12)28-46(29-51,33(9)10)22-21-40(52)38(23-31(5)6)50(13)43(55)20-19-30(3)4/h15,17,29-31,33-39,59H,7,16,18-28H2,1-6,8-14H3,(H,47,54)(H,48,56)/b17-15+/t34-,35?,36+,37+,38+,39+,46+/m1/s1. The van der Waals surface area contributed by atoms with Crippen LogP contribution in [0.25, 0.3) is 0 Å². The Bertz CT molecular complexity index is 1410. The minimum atomic E-state index is -0.979. The number of carbonyl (C=O) groups excluding carboxylic acids is 7. The number of allylic oxidation sites excluding steroid dienone is 3. The number of ether oxygens (including phenoxy) is 1. The summed E-state index contributed by atoms with van der Waals surface area (Å²) in [5.74, 6) is -1.87. The number of hydrogen-bond acceptors (Lipinski definition) is 10. The van der Waals surface area contributed by atoms with Gasteiger partial charge in [0.1, 0.15) is 12.3 Å². The summed E-state index contributed by atoms with van der Waals surface area (Å²) in [4.78, 5) is 96.7. The molecule has 0 aromatic heterocycles. The van der Waals surface area contributed by atoms with Crippen LogP contribution in [0.3, 0.4) is 0 Å². The topological polar surface area (TPSA) is 159 Å². The highest BCUT2D eigenvalue weighted by Gasteiger charge is 2.40. The van der Waals surface area contributed by atoms with E-state index in [2.05, 4.69) is 50.6 Å². The van der Waals surface area contributed by atoms with Crippen molar-refractivity contribution in [2.75, 3.05) is 33.5 Å². The van der Waals surface area contributed by atoms with E-state index < -0.39 is 47.4 Å². The Morgan fingerprint density at radius 2 is 1.49 bits per heavy atom. The van der Waals surface area contributed by atoms with E-state index in [4.69, 9.17) is 4.74 Å². The third kappa shape index (κ3) is 19.7. The highest BCUT2D eigenvalue weighted by atomic mass is 32.1. The molecule has 0 aliphatic heterocycles. The van der Waals surface area contributed by atoms with Gasteiger partial charge >= 0.3 is 5.97 Å². The maximum Gasteiger partial charge on any atom is 0.329 e. The Balaban J connectivity index is 6.40. The Hall–Kier alpha value is -3.32. The fourth-order valence-electron chi connectivity index (χ4n) is 7.21. The number of nitrogens with one attached hydrogen (secondary N) is 2. The molecular weight excluding hydrogens is 769 g/mol. The van der Waals surface area contributed by atoms with Gasteiger partial charge in [-0.3, -0.25) is 28.9 Å². The van der Waals surface area contributed by atoms with Crippen LogP contribution in [0.15, 0.2) is 24.3 Å². The van der Waals surface area contributed by atoms with Gasteiger partial charge in [0, 0.05) is 50.4 Å². The molecule has 338 valence electrons. The van der Waals surface area contributed by atoms with Crippen LogP contribution in [0, 0.1) is 35.0 Å². The van der Waals surface area contributed by atoms with E-state index in [1.165, 1.54) is 7.11 Å². The van der Waals surface area contributed by atoms with E-state index in [1.54, 1.807) is 25.8 Å². The first-order valence-electron chi connectivity index (χ1n) is 21.6. The quantitative estimate of drug-likeness (QED) is 0.0295. The molecule has 0 saturated heterocycles. The molecule has 0 spiro atoms. The number of thiol groups is 1. The highest BCUT2D eigenvalue weighted by Crippen LogP contribution is 2.34. The van der Waals surface area contributed by atoms with Gasteiger partial charge in [0.2, 0.25) is 17.7 Å². The lowest BCUT2D eigenvalue weighted by atomic mass is 9.73. The summed E-state index contributed by atoms with van der Waals surface area (Å²) in [5.41, 5.74) is -0.365. The van der Waals surface area contributed by atoms with Gasteiger partial charge in [-0.1, -0.05) is 79.7 Å². The third-order valence-corrected chi connectivity index (χ3v) is 11.9. The SMILES string of the molecule is C=C(C)C(CC(=O)N[C@@H](CS)C(=O)OC)CC(=O)[C@H](CC)NC(=O)[C@H](C[C@H](C)C/C=C/C)N(C)C[C@](C=O)(CCC(=O)[C@H](CC(C)C)N(C)C(=O)CCC(C)C)C(C)C. The molecule has 0 fully saturated rings. The highest BCUT2D eigenvalue weighted by molar-refractivity contribution is 7.80. The Labute approximate surface area is 362 Å². The Morgan fingerprint density at radius 1 is 0.864 bits per heavy atom. The average molecular weight is 849 g/mol. The molecule has 12 nitrogen and oxygen atoms in total. The number of carbonyl (C=O) groups is 7. The number of methoxy groups -OCH3 is 1. The van der Waals surface area contributed by atoms with Gasteiger partial charge in [0.15, 0.2) is 11.6 Å². The van der Waals surface area contributed by atoms with E-state index in [0.717, 1.165) is 19.1 Å². The summed E-state index contributed by atoms with van der Waals surface area (Å²) in [6.45, 7) is 23.8. The number of aldehydes is 1. The number of rotatable bonds is 31. The van der Waals surface area contributed by atoms with Gasteiger partial charge in [0.05, 0.1) is 25.2 Å². The summed E-state index contributed by atoms with van der Waals surface area (Å²) in [6.07, 6.45) is 8.26. The maximum absolute atomic E-state index is 14.3. The van der Waals surface area contributed by atoms with Crippen molar-refractivity contribution < 1.29 is 38.3 Å². The van der Waals surface area contributed by atoms with Gasteiger partial charge in [0.25, 0.3) is 0 Å². The minimum absolute atomic E-state index is 0.0441. The predicted octanol–water partition coefficient (Wildman–Crippen LogP) is 6.80.